The van der Waals surface area contributed by atoms with E-state index in [9.17, 15) is 38.9 Å². The molecule has 0 radical (unpaired) electrons. The summed E-state index contributed by atoms with van der Waals surface area (Å²) in [6, 6.07) is 4.99. The van der Waals surface area contributed by atoms with Crippen molar-refractivity contribution in [2.45, 2.75) is 155 Å². The minimum absolute atomic E-state index is 0.0531. The van der Waals surface area contributed by atoms with Crippen molar-refractivity contribution in [3.63, 3.8) is 0 Å². The van der Waals surface area contributed by atoms with Crippen molar-refractivity contribution in [1.29, 1.82) is 0 Å². The summed E-state index contributed by atoms with van der Waals surface area (Å²) in [6.45, 7) is 6.13. The molecular weight excluding hydrogens is 917 g/mol. The SMILES string of the molecule is CCCCCCCCCCCCOC(=O)COC(=O)NCCCOCCOC(=O)NC.CCCCCCCCCCCCOC(=O)COC(=O)NCCCOCCOC(=O)Oc1ccc([N+](=O)[O-])cc1. The van der Waals surface area contributed by atoms with Crippen LogP contribution in [0.15, 0.2) is 24.3 Å². The first-order chi connectivity index (χ1) is 34.0. The third kappa shape index (κ3) is 45.0. The fourth-order valence-corrected chi connectivity index (χ4v) is 6.13. The molecule has 402 valence electrons. The number of rotatable bonds is 42. The van der Waals surface area contributed by atoms with Crippen molar-refractivity contribution in [2.75, 3.05) is 86.2 Å². The molecule has 21 nitrogen and oxygen atoms in total. The Morgan fingerprint density at radius 1 is 0.457 bits per heavy atom. The van der Waals surface area contributed by atoms with Crippen LogP contribution in [0.3, 0.4) is 0 Å². The average Bonchev–Trinajstić information content (AvgIpc) is 3.35. The van der Waals surface area contributed by atoms with Crippen molar-refractivity contribution in [1.82, 2.24) is 16.0 Å². The fourth-order valence-electron chi connectivity index (χ4n) is 6.13. The zero-order valence-electron chi connectivity index (χ0n) is 42.2. The Labute approximate surface area is 414 Å². The lowest BCUT2D eigenvalue weighted by molar-refractivity contribution is -0.384. The van der Waals surface area contributed by atoms with E-state index in [4.69, 9.17) is 42.6 Å². The molecule has 0 aliphatic heterocycles. The zero-order valence-corrected chi connectivity index (χ0v) is 42.2. The van der Waals surface area contributed by atoms with E-state index in [1.54, 1.807) is 0 Å². The van der Waals surface area contributed by atoms with Gasteiger partial charge in [-0.05, 0) is 37.8 Å². The number of carbonyl (C=O) groups excluding carboxylic acids is 6. The molecule has 3 N–H and O–H groups in total. The molecule has 0 aliphatic rings. The van der Waals surface area contributed by atoms with Crippen LogP contribution in [-0.2, 0) is 47.5 Å². The van der Waals surface area contributed by atoms with Gasteiger partial charge in [-0.3, -0.25) is 10.1 Å². The van der Waals surface area contributed by atoms with Crippen LogP contribution in [0.2, 0.25) is 0 Å². The number of nitro groups is 1. The molecule has 0 atom stereocenters. The Morgan fingerprint density at radius 3 is 1.26 bits per heavy atom. The minimum Gasteiger partial charge on any atom is -0.463 e. The highest BCUT2D eigenvalue weighted by Gasteiger charge is 2.11. The van der Waals surface area contributed by atoms with Gasteiger partial charge < -0.3 is 58.6 Å². The van der Waals surface area contributed by atoms with Crippen LogP contribution in [0, 0.1) is 10.1 Å². The number of ether oxygens (including phenoxy) is 9. The highest BCUT2D eigenvalue weighted by Crippen LogP contribution is 2.18. The molecule has 3 amide bonds. The van der Waals surface area contributed by atoms with Gasteiger partial charge in [-0.15, -0.1) is 0 Å². The number of esters is 2. The lowest BCUT2D eigenvalue weighted by Crippen LogP contribution is -2.28. The number of carbonyl (C=O) groups is 6. The summed E-state index contributed by atoms with van der Waals surface area (Å²) in [4.78, 5) is 78.8. The van der Waals surface area contributed by atoms with Gasteiger partial charge in [0.05, 0.1) is 31.4 Å². The first-order valence-corrected chi connectivity index (χ1v) is 25.2. The molecule has 0 aromatic heterocycles. The van der Waals surface area contributed by atoms with Crippen LogP contribution < -0.4 is 20.7 Å². The number of alkyl carbamates (subject to hydrolysis) is 3. The van der Waals surface area contributed by atoms with Crippen LogP contribution in [0.4, 0.5) is 24.9 Å². The number of nitro benzene ring substituents is 1. The molecule has 70 heavy (non-hydrogen) atoms. The Hall–Kier alpha value is -5.44. The fraction of sp³-hybridized carbons (Fsp3) is 0.755. The van der Waals surface area contributed by atoms with Gasteiger partial charge in [0, 0.05) is 45.5 Å². The van der Waals surface area contributed by atoms with Gasteiger partial charge in [0.2, 0.25) is 0 Å². The molecule has 0 spiro atoms. The number of hydrogen-bond acceptors (Lipinski definition) is 17. The molecule has 1 aromatic carbocycles. The standard InChI is InChI=1S/C27H42N2O10.C22H42N2O7/c1-2-3-4-5-6-7-8-9-10-11-19-36-25(30)22-38-26(31)28-17-12-18-35-20-21-37-27(32)39-24-15-13-23(14-16-24)29(33)34;1-3-4-5-6-7-8-9-10-11-12-16-29-20(25)19-31-22(27)24-14-13-15-28-17-18-30-21(26)23-2/h13-16H,2-12,17-22H2,1H3,(H,28,31);3-19H2,1-2H3,(H,23,26)(H,24,27). The monoisotopic (exact) mass is 1000 g/mol. The maximum absolute atomic E-state index is 11.7. The van der Waals surface area contributed by atoms with Crippen LogP contribution in [0.1, 0.15) is 155 Å². The first-order valence-electron chi connectivity index (χ1n) is 25.2. The molecule has 0 saturated heterocycles. The van der Waals surface area contributed by atoms with E-state index in [1.165, 1.54) is 121 Å². The molecule has 0 heterocycles. The maximum Gasteiger partial charge on any atom is 0.513 e. The van der Waals surface area contributed by atoms with Crippen molar-refractivity contribution >= 4 is 42.1 Å². The Bertz CT molecular complexity index is 1500. The van der Waals surface area contributed by atoms with Crippen LogP contribution in [-0.4, -0.2) is 128 Å². The summed E-state index contributed by atoms with van der Waals surface area (Å²) in [5.74, 6) is -0.992. The van der Waals surface area contributed by atoms with Gasteiger partial charge in [-0.2, -0.15) is 0 Å². The number of amides is 3. The molecular formula is C49H84N4O17. The van der Waals surface area contributed by atoms with E-state index in [2.05, 4.69) is 29.8 Å². The predicted molar refractivity (Wildman–Crippen MR) is 261 cm³/mol. The third-order valence-electron chi connectivity index (χ3n) is 9.99. The lowest BCUT2D eigenvalue weighted by atomic mass is 10.1. The second-order valence-electron chi connectivity index (χ2n) is 16.1. The summed E-state index contributed by atoms with van der Waals surface area (Å²) in [7, 11) is 1.48. The average molecular weight is 1000 g/mol. The quantitative estimate of drug-likeness (QED) is 0.0137. The predicted octanol–water partition coefficient (Wildman–Crippen LogP) is 9.65. The van der Waals surface area contributed by atoms with Gasteiger partial charge in [0.15, 0.2) is 13.2 Å². The van der Waals surface area contributed by atoms with Gasteiger partial charge >= 0.3 is 36.4 Å². The molecule has 0 aliphatic carbocycles. The van der Waals surface area contributed by atoms with Crippen molar-refractivity contribution < 1.29 is 76.3 Å². The van der Waals surface area contributed by atoms with E-state index in [0.29, 0.717) is 45.8 Å². The number of non-ortho nitro benzene ring substituents is 1. The van der Waals surface area contributed by atoms with Crippen LogP contribution >= 0.6 is 0 Å². The largest absolute Gasteiger partial charge is 0.513 e. The second-order valence-corrected chi connectivity index (χ2v) is 16.1. The van der Waals surface area contributed by atoms with Crippen molar-refractivity contribution in [3.8, 4) is 5.75 Å². The summed E-state index contributed by atoms with van der Waals surface area (Å²) >= 11 is 0. The number of hydrogen-bond donors (Lipinski definition) is 3. The van der Waals surface area contributed by atoms with E-state index in [-0.39, 0.29) is 44.4 Å². The Balaban J connectivity index is 0.00000140. The van der Waals surface area contributed by atoms with E-state index < -0.39 is 54.5 Å². The van der Waals surface area contributed by atoms with Crippen molar-refractivity contribution in [2.24, 2.45) is 0 Å². The number of unbranched alkanes of at least 4 members (excludes halogenated alkanes) is 18. The summed E-state index contributed by atoms with van der Waals surface area (Å²) in [6.07, 6.45) is 22.3. The molecule has 0 fully saturated rings. The van der Waals surface area contributed by atoms with Crippen molar-refractivity contribution in [3.05, 3.63) is 34.4 Å². The van der Waals surface area contributed by atoms with Gasteiger partial charge in [0.25, 0.3) is 5.69 Å². The molecule has 0 bridgehead atoms. The minimum atomic E-state index is -0.959. The summed E-state index contributed by atoms with van der Waals surface area (Å²) in [5, 5.41) is 17.9. The molecule has 21 heteroatoms. The number of nitrogens with one attached hydrogen (secondary N) is 3. The number of nitrogens with zero attached hydrogens (tertiary/aromatic N) is 1. The normalized spacial score (nSPS) is 10.4. The summed E-state index contributed by atoms with van der Waals surface area (Å²) in [5.41, 5.74) is -0.121. The Kier molecular flexibility index (Phi) is 44.8. The third-order valence-corrected chi connectivity index (χ3v) is 9.99. The van der Waals surface area contributed by atoms with Crippen LogP contribution in [0.25, 0.3) is 0 Å². The molecule has 1 aromatic rings. The first kappa shape index (κ1) is 64.6. The molecule has 1 rings (SSSR count). The summed E-state index contributed by atoms with van der Waals surface area (Å²) < 4.78 is 44.8. The van der Waals surface area contributed by atoms with Gasteiger partial charge in [0.1, 0.15) is 19.0 Å². The second kappa shape index (κ2) is 48.6. The highest BCUT2D eigenvalue weighted by atomic mass is 16.7. The van der Waals surface area contributed by atoms with Gasteiger partial charge in [-0.1, -0.05) is 129 Å². The molecule has 0 saturated carbocycles. The van der Waals surface area contributed by atoms with E-state index in [1.807, 2.05) is 0 Å². The smallest absolute Gasteiger partial charge is 0.463 e. The maximum atomic E-state index is 11.7. The molecule has 0 unspecified atom stereocenters. The Morgan fingerprint density at radius 2 is 0.857 bits per heavy atom. The van der Waals surface area contributed by atoms with E-state index >= 15 is 0 Å². The van der Waals surface area contributed by atoms with Crippen LogP contribution in [0.5, 0.6) is 5.75 Å². The zero-order chi connectivity index (χ0) is 51.6. The number of benzene rings is 1. The lowest BCUT2D eigenvalue weighted by Gasteiger charge is -2.08. The highest BCUT2D eigenvalue weighted by molar-refractivity contribution is 5.76. The topological polar surface area (TPSA) is 265 Å². The van der Waals surface area contributed by atoms with E-state index in [0.717, 1.165) is 38.5 Å². The van der Waals surface area contributed by atoms with Gasteiger partial charge in [-0.25, -0.2) is 28.8 Å².